The lowest BCUT2D eigenvalue weighted by Crippen LogP contribution is -2.64. The Kier molecular flexibility index (Phi) is 29.2. The molecule has 0 aromatic heterocycles. The molecule has 8 atom stereocenters. The van der Waals surface area contributed by atoms with E-state index < -0.39 is 75.7 Å². The molecule has 0 bridgehead atoms. The number of esters is 2. The summed E-state index contributed by atoms with van der Waals surface area (Å²) >= 11 is 0. The lowest BCUT2D eigenvalue weighted by molar-refractivity contribution is -0.220. The molecule has 0 aromatic carbocycles. The summed E-state index contributed by atoms with van der Waals surface area (Å²) in [4.78, 5) is 35.4. The van der Waals surface area contributed by atoms with Crippen LogP contribution in [0.2, 0.25) is 0 Å². The van der Waals surface area contributed by atoms with Gasteiger partial charge in [-0.3, -0.25) is 18.6 Å². The number of phosphoric ester groups is 1. The maximum absolute atomic E-state index is 12.7. The van der Waals surface area contributed by atoms with Crippen LogP contribution < -0.4 is 0 Å². The molecule has 1 rings (SSSR count). The van der Waals surface area contributed by atoms with Crippen LogP contribution in [0.1, 0.15) is 181 Å². The summed E-state index contributed by atoms with van der Waals surface area (Å²) in [5.74, 6) is -1.09. The highest BCUT2D eigenvalue weighted by Crippen LogP contribution is 2.47. The fraction of sp³-hybridized carbons (Fsp3) is 0.949. The number of carbonyl (C=O) groups excluding carboxylic acids is 2. The Hall–Kier alpha value is -1.15. The van der Waals surface area contributed by atoms with Crippen LogP contribution >= 0.6 is 7.82 Å². The minimum Gasteiger partial charge on any atom is -0.462 e. The van der Waals surface area contributed by atoms with Crippen molar-refractivity contribution in [2.75, 3.05) is 13.2 Å². The summed E-state index contributed by atoms with van der Waals surface area (Å²) in [6.07, 6.45) is 14.8. The van der Waals surface area contributed by atoms with Gasteiger partial charge in [0.15, 0.2) is 6.10 Å². The van der Waals surface area contributed by atoms with Gasteiger partial charge in [0.2, 0.25) is 0 Å². The second-order valence-corrected chi connectivity index (χ2v) is 16.3. The maximum Gasteiger partial charge on any atom is 0.472 e. The van der Waals surface area contributed by atoms with Crippen LogP contribution in [0.25, 0.3) is 0 Å². The number of rotatable bonds is 34. The van der Waals surface area contributed by atoms with Crippen molar-refractivity contribution < 1.29 is 63.1 Å². The standard InChI is InChI=1S/C39H75O13P/c1-3-5-7-9-11-13-14-15-16-17-18-19-20-22-23-25-27-32(40)49-29-31(51-33(41)28-26-24-21-12-10-8-6-4-2)30-50-53(47,48)52-39-37(45)35(43)34(42)36(44)38(39)46/h31,34-39,42-46H,3-30H2,1-2H3,(H,47,48)/t31-,34?,35-,36?,37?,38?,39?/m0/s1. The van der Waals surface area contributed by atoms with E-state index in [0.29, 0.717) is 12.8 Å². The van der Waals surface area contributed by atoms with E-state index in [1.165, 1.54) is 96.3 Å². The smallest absolute Gasteiger partial charge is 0.462 e. The van der Waals surface area contributed by atoms with Crippen molar-refractivity contribution in [2.24, 2.45) is 0 Å². The SMILES string of the molecule is CCCCCCCCCCCCCCCCCCC(=O)OC[C@@H](COP(=O)(O)OC1C(O)C(O)C(O)[C@H](O)C1O)OC(=O)CCCCCCCCCC. The van der Waals surface area contributed by atoms with Gasteiger partial charge in [0.25, 0.3) is 0 Å². The van der Waals surface area contributed by atoms with Crippen LogP contribution in [0, 0.1) is 0 Å². The number of carbonyl (C=O) groups is 2. The van der Waals surface area contributed by atoms with E-state index in [1.807, 2.05) is 0 Å². The van der Waals surface area contributed by atoms with E-state index in [0.717, 1.165) is 44.9 Å². The first-order valence-electron chi connectivity index (χ1n) is 20.8. The molecule has 0 spiro atoms. The Labute approximate surface area is 319 Å². The van der Waals surface area contributed by atoms with Gasteiger partial charge in [-0.05, 0) is 12.8 Å². The Morgan fingerprint density at radius 2 is 0.849 bits per heavy atom. The Morgan fingerprint density at radius 1 is 0.509 bits per heavy atom. The van der Waals surface area contributed by atoms with E-state index in [9.17, 15) is 44.6 Å². The van der Waals surface area contributed by atoms with Crippen molar-refractivity contribution in [1.29, 1.82) is 0 Å². The average Bonchev–Trinajstić information content (AvgIpc) is 3.13. The predicted molar refractivity (Wildman–Crippen MR) is 203 cm³/mol. The zero-order valence-electron chi connectivity index (χ0n) is 32.8. The molecule has 0 radical (unpaired) electrons. The van der Waals surface area contributed by atoms with Crippen LogP contribution in [0.5, 0.6) is 0 Å². The van der Waals surface area contributed by atoms with E-state index in [1.54, 1.807) is 0 Å². The molecule has 0 amide bonds. The average molecular weight is 783 g/mol. The molecule has 1 aliphatic carbocycles. The second-order valence-electron chi connectivity index (χ2n) is 14.9. The van der Waals surface area contributed by atoms with Gasteiger partial charge in [0.1, 0.15) is 43.2 Å². The first-order chi connectivity index (χ1) is 25.4. The van der Waals surface area contributed by atoms with Gasteiger partial charge in [0, 0.05) is 12.8 Å². The molecule has 314 valence electrons. The monoisotopic (exact) mass is 782 g/mol. The number of hydrogen-bond acceptors (Lipinski definition) is 12. The van der Waals surface area contributed by atoms with Crippen molar-refractivity contribution in [3.05, 3.63) is 0 Å². The minimum absolute atomic E-state index is 0.102. The number of ether oxygens (including phenoxy) is 2. The zero-order chi connectivity index (χ0) is 39.3. The van der Waals surface area contributed by atoms with Gasteiger partial charge in [0.05, 0.1) is 6.61 Å². The fourth-order valence-corrected chi connectivity index (χ4v) is 7.50. The van der Waals surface area contributed by atoms with Crippen molar-refractivity contribution in [3.63, 3.8) is 0 Å². The Balaban J connectivity index is 2.44. The third kappa shape index (κ3) is 24.2. The molecule has 0 aromatic rings. The normalized spacial score (nSPS) is 23.4. The van der Waals surface area contributed by atoms with Crippen molar-refractivity contribution in [2.45, 2.75) is 224 Å². The molecular weight excluding hydrogens is 707 g/mol. The van der Waals surface area contributed by atoms with Crippen LogP contribution in [-0.2, 0) is 32.7 Å². The Bertz CT molecular complexity index is 954. The molecule has 6 N–H and O–H groups in total. The van der Waals surface area contributed by atoms with Crippen LogP contribution in [0.3, 0.4) is 0 Å². The van der Waals surface area contributed by atoms with Crippen molar-refractivity contribution in [1.82, 2.24) is 0 Å². The number of hydrogen-bond donors (Lipinski definition) is 6. The summed E-state index contributed by atoms with van der Waals surface area (Å²) in [6.45, 7) is 3.25. The van der Waals surface area contributed by atoms with E-state index >= 15 is 0 Å². The molecule has 0 saturated heterocycles. The summed E-state index contributed by atoms with van der Waals surface area (Å²) in [7, 11) is -5.10. The lowest BCUT2D eigenvalue weighted by atomic mass is 9.85. The first-order valence-corrected chi connectivity index (χ1v) is 22.3. The molecule has 1 aliphatic rings. The Morgan fingerprint density at radius 3 is 1.25 bits per heavy atom. The second kappa shape index (κ2) is 31.0. The minimum atomic E-state index is -5.10. The molecular formula is C39H75O13P. The fourth-order valence-electron chi connectivity index (χ4n) is 6.52. The highest BCUT2D eigenvalue weighted by atomic mass is 31.2. The molecule has 14 heteroatoms. The molecule has 0 aliphatic heterocycles. The maximum atomic E-state index is 12.7. The summed E-state index contributed by atoms with van der Waals surface area (Å²) in [6, 6.07) is 0. The van der Waals surface area contributed by atoms with Crippen LogP contribution in [0.15, 0.2) is 0 Å². The van der Waals surface area contributed by atoms with Crippen LogP contribution in [0.4, 0.5) is 0 Å². The van der Waals surface area contributed by atoms with Gasteiger partial charge in [-0.25, -0.2) is 4.57 Å². The van der Waals surface area contributed by atoms with Crippen LogP contribution in [-0.4, -0.2) is 98.3 Å². The van der Waals surface area contributed by atoms with E-state index in [4.69, 9.17) is 18.5 Å². The molecule has 13 nitrogen and oxygen atoms in total. The largest absolute Gasteiger partial charge is 0.472 e. The summed E-state index contributed by atoms with van der Waals surface area (Å²) in [5.41, 5.74) is 0. The molecule has 0 heterocycles. The number of aliphatic hydroxyl groups excluding tert-OH is 5. The number of phosphoric acid groups is 1. The van der Waals surface area contributed by atoms with Gasteiger partial charge in [-0.2, -0.15) is 0 Å². The van der Waals surface area contributed by atoms with Gasteiger partial charge in [-0.15, -0.1) is 0 Å². The number of aliphatic hydroxyl groups is 5. The van der Waals surface area contributed by atoms with Crippen molar-refractivity contribution in [3.8, 4) is 0 Å². The van der Waals surface area contributed by atoms with Crippen molar-refractivity contribution >= 4 is 19.8 Å². The number of unbranched alkanes of at least 4 members (excludes halogenated alkanes) is 22. The lowest BCUT2D eigenvalue weighted by Gasteiger charge is -2.41. The summed E-state index contributed by atoms with van der Waals surface area (Å²) in [5, 5.41) is 49.9. The highest BCUT2D eigenvalue weighted by molar-refractivity contribution is 7.47. The topological polar surface area (TPSA) is 210 Å². The molecule has 6 unspecified atom stereocenters. The zero-order valence-corrected chi connectivity index (χ0v) is 33.7. The molecule has 53 heavy (non-hydrogen) atoms. The third-order valence-corrected chi connectivity index (χ3v) is 10.9. The summed E-state index contributed by atoms with van der Waals surface area (Å²) < 4.78 is 33.3. The van der Waals surface area contributed by atoms with E-state index in [-0.39, 0.29) is 12.8 Å². The molecule has 1 fully saturated rings. The first kappa shape index (κ1) is 49.9. The van der Waals surface area contributed by atoms with Gasteiger partial charge in [-0.1, -0.05) is 155 Å². The molecule has 1 saturated carbocycles. The van der Waals surface area contributed by atoms with Gasteiger partial charge >= 0.3 is 19.8 Å². The quantitative estimate of drug-likeness (QED) is 0.0222. The van der Waals surface area contributed by atoms with E-state index in [2.05, 4.69) is 13.8 Å². The van der Waals surface area contributed by atoms with Gasteiger partial charge < -0.3 is 39.9 Å². The predicted octanol–water partition coefficient (Wildman–Crippen LogP) is 6.94. The third-order valence-electron chi connectivity index (χ3n) is 9.95. The highest BCUT2D eigenvalue weighted by Gasteiger charge is 2.51.